The SMILES string of the molecule is CC(=O)N1CCN(Cc2cc(O)ccc2-c2cccc(Oc3ncc(F)cc3C(N)=O)c2)CC1. The van der Waals surface area contributed by atoms with Crippen LogP contribution in [-0.2, 0) is 11.3 Å². The van der Waals surface area contributed by atoms with E-state index in [-0.39, 0.29) is 23.1 Å². The Kier molecular flexibility index (Phi) is 6.74. The van der Waals surface area contributed by atoms with Gasteiger partial charge in [0.1, 0.15) is 22.9 Å². The van der Waals surface area contributed by atoms with Gasteiger partial charge >= 0.3 is 0 Å². The lowest BCUT2D eigenvalue weighted by Gasteiger charge is -2.34. The third kappa shape index (κ3) is 5.32. The summed E-state index contributed by atoms with van der Waals surface area (Å²) in [5.41, 5.74) is 7.83. The van der Waals surface area contributed by atoms with Gasteiger partial charge in [0.15, 0.2) is 0 Å². The summed E-state index contributed by atoms with van der Waals surface area (Å²) >= 11 is 0. The highest BCUT2D eigenvalue weighted by atomic mass is 19.1. The maximum absolute atomic E-state index is 13.5. The number of rotatable bonds is 6. The molecule has 3 N–H and O–H groups in total. The molecule has 0 unspecified atom stereocenters. The zero-order valence-electron chi connectivity index (χ0n) is 18.7. The van der Waals surface area contributed by atoms with Gasteiger partial charge in [0.25, 0.3) is 5.91 Å². The van der Waals surface area contributed by atoms with E-state index in [9.17, 15) is 19.1 Å². The molecule has 2 aromatic carbocycles. The molecule has 1 fully saturated rings. The van der Waals surface area contributed by atoms with Gasteiger partial charge in [-0.05, 0) is 47.0 Å². The number of nitrogens with two attached hydrogens (primary N) is 1. The van der Waals surface area contributed by atoms with E-state index >= 15 is 0 Å². The average molecular weight is 464 g/mol. The minimum absolute atomic E-state index is 0.0737. The summed E-state index contributed by atoms with van der Waals surface area (Å²) in [6.07, 6.45) is 0.954. The van der Waals surface area contributed by atoms with Crippen LogP contribution >= 0.6 is 0 Å². The number of nitrogens with zero attached hydrogens (tertiary/aromatic N) is 3. The lowest BCUT2D eigenvalue weighted by molar-refractivity contribution is -0.130. The van der Waals surface area contributed by atoms with Crippen LogP contribution in [0.3, 0.4) is 0 Å². The minimum atomic E-state index is -0.844. The van der Waals surface area contributed by atoms with Crippen molar-refractivity contribution in [2.24, 2.45) is 5.73 Å². The first-order chi connectivity index (χ1) is 16.3. The van der Waals surface area contributed by atoms with Gasteiger partial charge in [-0.2, -0.15) is 0 Å². The number of piperazine rings is 1. The molecule has 4 rings (SSSR count). The average Bonchev–Trinajstić information content (AvgIpc) is 2.81. The molecule has 1 aromatic heterocycles. The molecule has 2 heterocycles. The standard InChI is InChI=1S/C25H25FN4O4/c1-16(31)30-9-7-29(8-10-30)15-18-11-20(32)5-6-22(18)17-3-2-4-21(12-17)34-25-23(24(27)33)13-19(26)14-28-25/h2-6,11-14,32H,7-10,15H2,1H3,(H2,27,33). The molecule has 2 amide bonds. The maximum Gasteiger partial charge on any atom is 0.254 e. The zero-order valence-corrected chi connectivity index (χ0v) is 18.7. The summed E-state index contributed by atoms with van der Waals surface area (Å²) in [5, 5.41) is 10.1. The number of pyridine rings is 1. The molecule has 0 bridgehead atoms. The van der Waals surface area contributed by atoms with Gasteiger partial charge in [-0.1, -0.05) is 18.2 Å². The summed E-state index contributed by atoms with van der Waals surface area (Å²) < 4.78 is 19.3. The van der Waals surface area contributed by atoms with Crippen LogP contribution in [0.1, 0.15) is 22.8 Å². The van der Waals surface area contributed by atoms with E-state index in [1.54, 1.807) is 37.3 Å². The van der Waals surface area contributed by atoms with Gasteiger partial charge in [0.05, 0.1) is 6.20 Å². The minimum Gasteiger partial charge on any atom is -0.508 e. The molecule has 0 aliphatic carbocycles. The van der Waals surface area contributed by atoms with E-state index in [0.29, 0.717) is 25.4 Å². The van der Waals surface area contributed by atoms with Crippen LogP contribution in [0.4, 0.5) is 4.39 Å². The quantitative estimate of drug-likeness (QED) is 0.580. The van der Waals surface area contributed by atoms with Crippen LogP contribution < -0.4 is 10.5 Å². The first-order valence-corrected chi connectivity index (χ1v) is 10.8. The van der Waals surface area contributed by atoms with E-state index in [4.69, 9.17) is 10.5 Å². The monoisotopic (exact) mass is 464 g/mol. The number of aromatic hydroxyl groups is 1. The molecule has 3 aromatic rings. The summed E-state index contributed by atoms with van der Waals surface area (Å²) in [7, 11) is 0. The fourth-order valence-corrected chi connectivity index (χ4v) is 3.98. The number of phenols is 1. The molecule has 9 heteroatoms. The summed E-state index contributed by atoms with van der Waals surface area (Å²) in [6, 6.07) is 13.3. The number of aromatic nitrogens is 1. The number of phenolic OH excluding ortho intramolecular Hbond substituents is 1. The first kappa shape index (κ1) is 23.2. The molecule has 34 heavy (non-hydrogen) atoms. The van der Waals surface area contributed by atoms with Gasteiger partial charge < -0.3 is 20.5 Å². The van der Waals surface area contributed by atoms with Crippen molar-refractivity contribution in [1.82, 2.24) is 14.8 Å². The van der Waals surface area contributed by atoms with Gasteiger partial charge in [-0.3, -0.25) is 14.5 Å². The number of hydrogen-bond acceptors (Lipinski definition) is 6. The normalized spacial score (nSPS) is 14.1. The second kappa shape index (κ2) is 9.88. The highest BCUT2D eigenvalue weighted by Gasteiger charge is 2.20. The van der Waals surface area contributed by atoms with E-state index in [2.05, 4.69) is 9.88 Å². The van der Waals surface area contributed by atoms with Gasteiger partial charge in [0.2, 0.25) is 11.8 Å². The van der Waals surface area contributed by atoms with Crippen molar-refractivity contribution in [3.63, 3.8) is 0 Å². The Morgan fingerprint density at radius 3 is 2.59 bits per heavy atom. The van der Waals surface area contributed by atoms with Crippen molar-refractivity contribution >= 4 is 11.8 Å². The number of halogens is 1. The van der Waals surface area contributed by atoms with Gasteiger partial charge in [-0.15, -0.1) is 0 Å². The fraction of sp³-hybridized carbons (Fsp3) is 0.240. The van der Waals surface area contributed by atoms with E-state index < -0.39 is 11.7 Å². The number of hydrogen-bond donors (Lipinski definition) is 2. The van der Waals surface area contributed by atoms with Crippen LogP contribution in [0.5, 0.6) is 17.4 Å². The third-order valence-corrected chi connectivity index (χ3v) is 5.74. The maximum atomic E-state index is 13.5. The summed E-state index contributed by atoms with van der Waals surface area (Å²) in [6.45, 7) is 4.99. The Bertz CT molecular complexity index is 1230. The highest BCUT2D eigenvalue weighted by molar-refractivity contribution is 5.95. The van der Waals surface area contributed by atoms with Crippen molar-refractivity contribution in [1.29, 1.82) is 0 Å². The number of ether oxygens (including phenoxy) is 1. The van der Waals surface area contributed by atoms with E-state index in [0.717, 1.165) is 42.0 Å². The van der Waals surface area contributed by atoms with Crippen LogP contribution in [0.2, 0.25) is 0 Å². The number of carbonyl (C=O) groups is 2. The Morgan fingerprint density at radius 1 is 1.12 bits per heavy atom. The Balaban J connectivity index is 1.58. The topological polar surface area (TPSA) is 109 Å². The largest absolute Gasteiger partial charge is 0.508 e. The van der Waals surface area contributed by atoms with Crippen LogP contribution in [0, 0.1) is 5.82 Å². The molecule has 8 nitrogen and oxygen atoms in total. The second-order valence-corrected chi connectivity index (χ2v) is 8.12. The first-order valence-electron chi connectivity index (χ1n) is 10.8. The zero-order chi connectivity index (χ0) is 24.2. The summed E-state index contributed by atoms with van der Waals surface area (Å²) in [5.74, 6) is -0.982. The summed E-state index contributed by atoms with van der Waals surface area (Å²) in [4.78, 5) is 31.2. The Morgan fingerprint density at radius 2 is 1.88 bits per heavy atom. The van der Waals surface area contributed by atoms with Crippen LogP contribution in [-0.4, -0.2) is 57.9 Å². The van der Waals surface area contributed by atoms with E-state index in [1.807, 2.05) is 17.0 Å². The molecule has 0 radical (unpaired) electrons. The Labute approximate surface area is 196 Å². The molecule has 1 aliphatic heterocycles. The number of carbonyl (C=O) groups excluding carboxylic acids is 2. The molecular formula is C25H25FN4O4. The molecule has 1 aliphatic rings. The molecular weight excluding hydrogens is 439 g/mol. The molecule has 0 spiro atoms. The molecule has 0 atom stereocenters. The Hall–Kier alpha value is -3.98. The van der Waals surface area contributed by atoms with Gasteiger partial charge in [-0.25, -0.2) is 9.37 Å². The van der Waals surface area contributed by atoms with Crippen molar-refractivity contribution < 1.29 is 23.8 Å². The lowest BCUT2D eigenvalue weighted by Crippen LogP contribution is -2.47. The predicted molar refractivity (Wildman–Crippen MR) is 124 cm³/mol. The van der Waals surface area contributed by atoms with Gasteiger partial charge in [0, 0.05) is 39.6 Å². The lowest BCUT2D eigenvalue weighted by atomic mass is 9.98. The smallest absolute Gasteiger partial charge is 0.254 e. The number of amides is 2. The predicted octanol–water partition coefficient (Wildman–Crippen LogP) is 3.15. The van der Waals surface area contributed by atoms with Crippen molar-refractivity contribution in [2.75, 3.05) is 26.2 Å². The van der Waals surface area contributed by atoms with Crippen molar-refractivity contribution in [3.8, 4) is 28.5 Å². The van der Waals surface area contributed by atoms with E-state index in [1.165, 1.54) is 0 Å². The van der Waals surface area contributed by atoms with Crippen LogP contribution in [0.25, 0.3) is 11.1 Å². The number of primary amides is 1. The van der Waals surface area contributed by atoms with Crippen molar-refractivity contribution in [2.45, 2.75) is 13.5 Å². The number of benzene rings is 2. The molecule has 1 saturated heterocycles. The molecule has 0 saturated carbocycles. The molecule has 176 valence electrons. The second-order valence-electron chi connectivity index (χ2n) is 8.12. The van der Waals surface area contributed by atoms with Crippen molar-refractivity contribution in [3.05, 3.63) is 71.7 Å². The highest BCUT2D eigenvalue weighted by Crippen LogP contribution is 2.32. The third-order valence-electron chi connectivity index (χ3n) is 5.74. The van der Waals surface area contributed by atoms with Crippen LogP contribution in [0.15, 0.2) is 54.7 Å². The fourth-order valence-electron chi connectivity index (χ4n) is 3.98.